The van der Waals surface area contributed by atoms with E-state index < -0.39 is 6.29 Å². The van der Waals surface area contributed by atoms with Crippen LogP contribution in [0.25, 0.3) is 0 Å². The fourth-order valence-corrected chi connectivity index (χ4v) is 3.03. The lowest BCUT2D eigenvalue weighted by atomic mass is 9.68. The second-order valence-electron chi connectivity index (χ2n) is 5.36. The third-order valence-electron chi connectivity index (χ3n) is 3.60. The SMILES string of the molecule is CCCC1(COC(C)O)CCC[C@@H](C)C1. The first-order valence-corrected chi connectivity index (χ1v) is 6.38. The molecular weight excluding hydrogens is 188 g/mol. The quantitative estimate of drug-likeness (QED) is 0.711. The van der Waals surface area contributed by atoms with E-state index in [1.54, 1.807) is 6.92 Å². The highest BCUT2D eigenvalue weighted by Crippen LogP contribution is 2.43. The molecule has 2 heteroatoms. The van der Waals surface area contributed by atoms with Gasteiger partial charge in [-0.3, -0.25) is 0 Å². The Morgan fingerprint density at radius 3 is 2.80 bits per heavy atom. The van der Waals surface area contributed by atoms with Crippen molar-refractivity contribution in [1.82, 2.24) is 0 Å². The van der Waals surface area contributed by atoms with Gasteiger partial charge in [0.25, 0.3) is 0 Å². The average Bonchev–Trinajstić information content (AvgIpc) is 2.15. The highest BCUT2D eigenvalue weighted by atomic mass is 16.6. The van der Waals surface area contributed by atoms with Crippen LogP contribution in [0.3, 0.4) is 0 Å². The molecule has 0 aromatic heterocycles. The summed E-state index contributed by atoms with van der Waals surface area (Å²) in [5, 5.41) is 9.21. The number of hydrogen-bond donors (Lipinski definition) is 1. The highest BCUT2D eigenvalue weighted by molar-refractivity contribution is 4.85. The second-order valence-corrected chi connectivity index (χ2v) is 5.36. The van der Waals surface area contributed by atoms with E-state index in [1.165, 1.54) is 38.5 Å². The van der Waals surface area contributed by atoms with E-state index in [1.807, 2.05) is 0 Å². The van der Waals surface area contributed by atoms with E-state index in [9.17, 15) is 5.11 Å². The first kappa shape index (κ1) is 13.0. The van der Waals surface area contributed by atoms with Gasteiger partial charge in [-0.25, -0.2) is 0 Å². The van der Waals surface area contributed by atoms with Crippen molar-refractivity contribution < 1.29 is 9.84 Å². The molecule has 0 heterocycles. The monoisotopic (exact) mass is 214 g/mol. The number of aliphatic hydroxyl groups excluding tert-OH is 1. The Morgan fingerprint density at radius 2 is 2.27 bits per heavy atom. The van der Waals surface area contributed by atoms with Gasteiger partial charge in [-0.2, -0.15) is 0 Å². The largest absolute Gasteiger partial charge is 0.368 e. The zero-order chi connectivity index (χ0) is 11.3. The summed E-state index contributed by atoms with van der Waals surface area (Å²) in [5.41, 5.74) is 0.351. The minimum absolute atomic E-state index is 0.351. The molecule has 0 radical (unpaired) electrons. The topological polar surface area (TPSA) is 29.5 Å². The lowest BCUT2D eigenvalue weighted by Gasteiger charge is -2.40. The summed E-state index contributed by atoms with van der Waals surface area (Å²) in [7, 11) is 0. The second kappa shape index (κ2) is 5.86. The van der Waals surface area contributed by atoms with Crippen molar-refractivity contribution in [2.75, 3.05) is 6.61 Å². The van der Waals surface area contributed by atoms with Gasteiger partial charge < -0.3 is 9.84 Å². The molecule has 0 saturated heterocycles. The molecule has 1 N–H and O–H groups in total. The highest BCUT2D eigenvalue weighted by Gasteiger charge is 2.34. The van der Waals surface area contributed by atoms with E-state index >= 15 is 0 Å². The van der Waals surface area contributed by atoms with Crippen LogP contribution in [-0.2, 0) is 4.74 Å². The average molecular weight is 214 g/mol. The Kier molecular flexibility index (Phi) is 5.07. The number of hydrogen-bond acceptors (Lipinski definition) is 2. The molecule has 0 aromatic carbocycles. The number of rotatable bonds is 5. The van der Waals surface area contributed by atoms with Gasteiger partial charge in [0.05, 0.1) is 6.61 Å². The Balaban J connectivity index is 2.52. The minimum Gasteiger partial charge on any atom is -0.368 e. The molecule has 2 nitrogen and oxygen atoms in total. The van der Waals surface area contributed by atoms with E-state index in [0.29, 0.717) is 5.41 Å². The number of ether oxygens (including phenoxy) is 1. The molecule has 0 amide bonds. The van der Waals surface area contributed by atoms with E-state index in [0.717, 1.165) is 12.5 Å². The maximum absolute atomic E-state index is 9.21. The van der Waals surface area contributed by atoms with Crippen LogP contribution in [0.2, 0.25) is 0 Å². The zero-order valence-electron chi connectivity index (χ0n) is 10.5. The van der Waals surface area contributed by atoms with Crippen molar-refractivity contribution in [3.05, 3.63) is 0 Å². The molecule has 1 rings (SSSR count). The van der Waals surface area contributed by atoms with Gasteiger partial charge in [0, 0.05) is 0 Å². The van der Waals surface area contributed by atoms with Gasteiger partial charge in [0.1, 0.15) is 0 Å². The van der Waals surface area contributed by atoms with Crippen molar-refractivity contribution in [1.29, 1.82) is 0 Å². The Hall–Kier alpha value is -0.0800. The van der Waals surface area contributed by atoms with Crippen molar-refractivity contribution >= 4 is 0 Å². The standard InChI is InChI=1S/C13H26O2/c1-4-7-13(10-15-12(3)14)8-5-6-11(2)9-13/h11-12,14H,4-10H2,1-3H3/t11-,12?,13?/m1/s1. The third kappa shape index (κ3) is 4.12. The maximum Gasteiger partial charge on any atom is 0.151 e. The van der Waals surface area contributed by atoms with Crippen LogP contribution in [0.5, 0.6) is 0 Å². The summed E-state index contributed by atoms with van der Waals surface area (Å²) in [4.78, 5) is 0. The molecule has 15 heavy (non-hydrogen) atoms. The molecule has 2 unspecified atom stereocenters. The van der Waals surface area contributed by atoms with Crippen LogP contribution in [0, 0.1) is 11.3 Å². The van der Waals surface area contributed by atoms with Gasteiger partial charge in [-0.15, -0.1) is 0 Å². The minimum atomic E-state index is -0.615. The summed E-state index contributed by atoms with van der Waals surface area (Å²) in [6.45, 7) is 7.02. The third-order valence-corrected chi connectivity index (χ3v) is 3.60. The molecule has 1 aliphatic carbocycles. The van der Waals surface area contributed by atoms with E-state index in [2.05, 4.69) is 13.8 Å². The summed E-state index contributed by atoms with van der Waals surface area (Å²) in [6, 6.07) is 0. The van der Waals surface area contributed by atoms with Crippen LogP contribution in [0.4, 0.5) is 0 Å². The van der Waals surface area contributed by atoms with Gasteiger partial charge in [0.2, 0.25) is 0 Å². The van der Waals surface area contributed by atoms with E-state index in [-0.39, 0.29) is 0 Å². The lowest BCUT2D eigenvalue weighted by molar-refractivity contribution is -0.124. The van der Waals surface area contributed by atoms with Crippen LogP contribution in [0.1, 0.15) is 59.3 Å². The molecule has 1 saturated carbocycles. The van der Waals surface area contributed by atoms with Crippen LogP contribution in [-0.4, -0.2) is 18.0 Å². The van der Waals surface area contributed by atoms with Crippen molar-refractivity contribution in [3.8, 4) is 0 Å². The summed E-state index contributed by atoms with van der Waals surface area (Å²) in [5.74, 6) is 0.822. The predicted molar refractivity (Wildman–Crippen MR) is 62.6 cm³/mol. The van der Waals surface area contributed by atoms with Crippen LogP contribution < -0.4 is 0 Å². The zero-order valence-corrected chi connectivity index (χ0v) is 10.5. The Bertz CT molecular complexity index is 175. The van der Waals surface area contributed by atoms with Crippen molar-refractivity contribution in [2.45, 2.75) is 65.6 Å². The maximum atomic E-state index is 9.21. The lowest BCUT2D eigenvalue weighted by Crippen LogP contribution is -2.34. The van der Waals surface area contributed by atoms with E-state index in [4.69, 9.17) is 4.74 Å². The summed E-state index contributed by atoms with van der Waals surface area (Å²) >= 11 is 0. The fraction of sp³-hybridized carbons (Fsp3) is 1.00. The molecule has 90 valence electrons. The van der Waals surface area contributed by atoms with Crippen molar-refractivity contribution in [3.63, 3.8) is 0 Å². The van der Waals surface area contributed by atoms with Crippen LogP contribution in [0.15, 0.2) is 0 Å². The molecule has 3 atom stereocenters. The van der Waals surface area contributed by atoms with Crippen molar-refractivity contribution in [2.24, 2.45) is 11.3 Å². The van der Waals surface area contributed by atoms with Gasteiger partial charge in [0.15, 0.2) is 6.29 Å². The Labute approximate surface area is 94.0 Å². The molecular formula is C13H26O2. The molecule has 0 spiro atoms. The summed E-state index contributed by atoms with van der Waals surface area (Å²) < 4.78 is 5.44. The van der Waals surface area contributed by atoms with Gasteiger partial charge >= 0.3 is 0 Å². The van der Waals surface area contributed by atoms with Gasteiger partial charge in [-0.1, -0.05) is 33.1 Å². The molecule has 1 fully saturated rings. The Morgan fingerprint density at radius 1 is 1.53 bits per heavy atom. The molecule has 0 aromatic rings. The first-order valence-electron chi connectivity index (χ1n) is 6.38. The predicted octanol–water partition coefficient (Wildman–Crippen LogP) is 3.34. The number of aliphatic hydroxyl groups is 1. The fourth-order valence-electron chi connectivity index (χ4n) is 3.03. The van der Waals surface area contributed by atoms with Crippen LogP contribution >= 0.6 is 0 Å². The molecule has 1 aliphatic rings. The summed E-state index contributed by atoms with van der Waals surface area (Å²) in [6.07, 6.45) is 7.08. The molecule has 0 aliphatic heterocycles. The van der Waals surface area contributed by atoms with Gasteiger partial charge in [-0.05, 0) is 37.5 Å². The molecule has 0 bridgehead atoms. The first-order chi connectivity index (χ1) is 7.08. The normalized spacial score (nSPS) is 34.0. The smallest absolute Gasteiger partial charge is 0.151 e.